The number of carbonyl (C=O) groups is 1. The smallest absolute Gasteiger partial charge is 0.225 e. The lowest BCUT2D eigenvalue weighted by molar-refractivity contribution is -0.129. The second-order valence-electron chi connectivity index (χ2n) is 4.95. The van der Waals surface area contributed by atoms with Gasteiger partial charge in [0.15, 0.2) is 0 Å². The summed E-state index contributed by atoms with van der Waals surface area (Å²) in [5.74, 6) is 0.103. The molecule has 82 valence electrons. The van der Waals surface area contributed by atoms with Gasteiger partial charge in [0.1, 0.15) is 0 Å². The predicted molar refractivity (Wildman–Crippen MR) is 56.1 cm³/mol. The Kier molecular flexibility index (Phi) is 3.93. The molecule has 0 aromatic carbocycles. The van der Waals surface area contributed by atoms with Crippen LogP contribution in [0.3, 0.4) is 0 Å². The average molecular weight is 199 g/mol. The molecule has 0 aliphatic carbocycles. The van der Waals surface area contributed by atoms with Gasteiger partial charge in [-0.15, -0.1) is 0 Å². The van der Waals surface area contributed by atoms with Gasteiger partial charge in [0, 0.05) is 18.6 Å². The van der Waals surface area contributed by atoms with Gasteiger partial charge in [-0.1, -0.05) is 20.8 Å². The van der Waals surface area contributed by atoms with Crippen molar-refractivity contribution in [3.8, 4) is 0 Å². The van der Waals surface area contributed by atoms with Crippen molar-refractivity contribution in [2.75, 3.05) is 13.2 Å². The Labute approximate surface area is 86.2 Å². The fourth-order valence-electron chi connectivity index (χ4n) is 1.44. The second kappa shape index (κ2) is 4.78. The Hall–Kier alpha value is -0.570. The predicted octanol–water partition coefficient (Wildman–Crippen LogP) is 1.72. The van der Waals surface area contributed by atoms with Crippen molar-refractivity contribution in [3.05, 3.63) is 0 Å². The van der Waals surface area contributed by atoms with Gasteiger partial charge in [-0.2, -0.15) is 0 Å². The molecule has 1 rings (SSSR count). The largest absolute Gasteiger partial charge is 0.376 e. The van der Waals surface area contributed by atoms with Crippen LogP contribution in [0.1, 0.15) is 40.0 Å². The van der Waals surface area contributed by atoms with Gasteiger partial charge in [-0.25, -0.2) is 0 Å². The number of amides is 1. The molecule has 1 aliphatic heterocycles. The van der Waals surface area contributed by atoms with Gasteiger partial charge in [-0.3, -0.25) is 4.79 Å². The number of carbonyl (C=O) groups excluding carboxylic acids is 1. The third-order valence-electron chi connectivity index (χ3n) is 2.45. The minimum atomic E-state index is -0.297. The summed E-state index contributed by atoms with van der Waals surface area (Å²) < 4.78 is 5.53. The number of hydrogen-bond acceptors (Lipinski definition) is 2. The maximum absolute atomic E-state index is 11.5. The number of nitrogens with one attached hydrogen (secondary N) is 1. The molecule has 1 heterocycles. The highest BCUT2D eigenvalue weighted by atomic mass is 16.5. The fourth-order valence-corrected chi connectivity index (χ4v) is 1.44. The average Bonchev–Trinajstić information content (AvgIpc) is 2.14. The highest BCUT2D eigenvalue weighted by Gasteiger charge is 2.22. The van der Waals surface area contributed by atoms with Crippen molar-refractivity contribution in [1.29, 1.82) is 0 Å². The lowest BCUT2D eigenvalue weighted by Crippen LogP contribution is -2.40. The summed E-state index contributed by atoms with van der Waals surface area (Å²) in [4.78, 5) is 11.5. The van der Waals surface area contributed by atoms with E-state index < -0.39 is 0 Å². The molecule has 0 bridgehead atoms. The molecule has 0 aromatic rings. The van der Waals surface area contributed by atoms with E-state index in [1.807, 2.05) is 20.8 Å². The van der Waals surface area contributed by atoms with E-state index in [1.165, 1.54) is 6.42 Å². The molecule has 1 unspecified atom stereocenters. The normalized spacial score (nSPS) is 23.2. The van der Waals surface area contributed by atoms with Gasteiger partial charge in [0.2, 0.25) is 5.91 Å². The molecule has 0 saturated carbocycles. The SMILES string of the molecule is CC(C)(C)C(=O)NCC1CCCCO1. The van der Waals surface area contributed by atoms with Crippen LogP contribution in [0.5, 0.6) is 0 Å². The maximum Gasteiger partial charge on any atom is 0.225 e. The van der Waals surface area contributed by atoms with Crippen molar-refractivity contribution in [1.82, 2.24) is 5.32 Å². The van der Waals surface area contributed by atoms with E-state index in [0.717, 1.165) is 19.4 Å². The number of rotatable bonds is 2. The molecule has 3 nitrogen and oxygen atoms in total. The van der Waals surface area contributed by atoms with Crippen molar-refractivity contribution >= 4 is 5.91 Å². The highest BCUT2D eigenvalue weighted by Crippen LogP contribution is 2.14. The van der Waals surface area contributed by atoms with Crippen molar-refractivity contribution in [3.63, 3.8) is 0 Å². The Morgan fingerprint density at radius 1 is 1.43 bits per heavy atom. The van der Waals surface area contributed by atoms with Gasteiger partial charge in [-0.05, 0) is 19.3 Å². The molecular weight excluding hydrogens is 178 g/mol. The third kappa shape index (κ3) is 3.66. The van der Waals surface area contributed by atoms with Crippen molar-refractivity contribution in [2.24, 2.45) is 5.41 Å². The second-order valence-corrected chi connectivity index (χ2v) is 4.95. The van der Waals surface area contributed by atoms with Crippen LogP contribution in [0.15, 0.2) is 0 Å². The van der Waals surface area contributed by atoms with E-state index in [2.05, 4.69) is 5.32 Å². The summed E-state index contributed by atoms with van der Waals surface area (Å²) in [6, 6.07) is 0. The first-order valence-electron chi connectivity index (χ1n) is 5.40. The Morgan fingerprint density at radius 2 is 2.14 bits per heavy atom. The monoisotopic (exact) mass is 199 g/mol. The number of hydrogen-bond donors (Lipinski definition) is 1. The zero-order valence-corrected chi connectivity index (χ0v) is 9.43. The summed E-state index contributed by atoms with van der Waals surface area (Å²) in [7, 11) is 0. The van der Waals surface area contributed by atoms with Crippen LogP contribution in [0, 0.1) is 5.41 Å². The van der Waals surface area contributed by atoms with E-state index in [9.17, 15) is 4.79 Å². The maximum atomic E-state index is 11.5. The molecule has 1 atom stereocenters. The number of ether oxygens (including phenoxy) is 1. The minimum Gasteiger partial charge on any atom is -0.376 e. The zero-order chi connectivity index (χ0) is 10.6. The standard InChI is InChI=1S/C11H21NO2/c1-11(2,3)10(13)12-8-9-6-4-5-7-14-9/h9H,4-8H2,1-3H3,(H,12,13). The minimum absolute atomic E-state index is 0.103. The van der Waals surface area contributed by atoms with Gasteiger partial charge < -0.3 is 10.1 Å². The highest BCUT2D eigenvalue weighted by molar-refractivity contribution is 5.81. The zero-order valence-electron chi connectivity index (χ0n) is 9.43. The molecular formula is C11H21NO2. The molecule has 3 heteroatoms. The lowest BCUT2D eigenvalue weighted by Gasteiger charge is -2.25. The van der Waals surface area contributed by atoms with Crippen LogP contribution in [0.25, 0.3) is 0 Å². The molecule has 1 amide bonds. The van der Waals surface area contributed by atoms with Crippen LogP contribution >= 0.6 is 0 Å². The lowest BCUT2D eigenvalue weighted by atomic mass is 9.95. The molecule has 0 radical (unpaired) electrons. The molecule has 1 fully saturated rings. The molecule has 0 spiro atoms. The molecule has 1 N–H and O–H groups in total. The van der Waals surface area contributed by atoms with Crippen LogP contribution < -0.4 is 5.32 Å². The van der Waals surface area contributed by atoms with E-state index in [-0.39, 0.29) is 17.4 Å². The van der Waals surface area contributed by atoms with Gasteiger partial charge in [0.25, 0.3) is 0 Å². The summed E-state index contributed by atoms with van der Waals surface area (Å²) in [5, 5.41) is 2.93. The van der Waals surface area contributed by atoms with Gasteiger partial charge in [0.05, 0.1) is 6.10 Å². The first-order valence-corrected chi connectivity index (χ1v) is 5.40. The Morgan fingerprint density at radius 3 is 2.64 bits per heavy atom. The summed E-state index contributed by atoms with van der Waals surface area (Å²) >= 11 is 0. The molecule has 1 saturated heterocycles. The van der Waals surface area contributed by atoms with Crippen LogP contribution in [-0.4, -0.2) is 25.2 Å². The summed E-state index contributed by atoms with van der Waals surface area (Å²) in [6.45, 7) is 7.27. The summed E-state index contributed by atoms with van der Waals surface area (Å²) in [5.41, 5.74) is -0.297. The summed E-state index contributed by atoms with van der Waals surface area (Å²) in [6.07, 6.45) is 3.68. The van der Waals surface area contributed by atoms with Crippen molar-refractivity contribution < 1.29 is 9.53 Å². The van der Waals surface area contributed by atoms with Crippen LogP contribution in [0.2, 0.25) is 0 Å². The molecule has 1 aliphatic rings. The first-order chi connectivity index (χ1) is 6.50. The van der Waals surface area contributed by atoms with E-state index in [1.54, 1.807) is 0 Å². The van der Waals surface area contributed by atoms with Crippen molar-refractivity contribution in [2.45, 2.75) is 46.1 Å². The molecule has 14 heavy (non-hydrogen) atoms. The Bertz CT molecular complexity index is 190. The fraction of sp³-hybridized carbons (Fsp3) is 0.909. The quantitative estimate of drug-likeness (QED) is 0.735. The topological polar surface area (TPSA) is 38.3 Å². The van der Waals surface area contributed by atoms with Gasteiger partial charge >= 0.3 is 0 Å². The van der Waals surface area contributed by atoms with Crippen LogP contribution in [0.4, 0.5) is 0 Å². The third-order valence-corrected chi connectivity index (χ3v) is 2.45. The molecule has 0 aromatic heterocycles. The Balaban J connectivity index is 2.22. The van der Waals surface area contributed by atoms with E-state index in [0.29, 0.717) is 6.54 Å². The van der Waals surface area contributed by atoms with E-state index >= 15 is 0 Å². The van der Waals surface area contributed by atoms with Crippen LogP contribution in [-0.2, 0) is 9.53 Å². The van der Waals surface area contributed by atoms with E-state index in [4.69, 9.17) is 4.74 Å². The first kappa shape index (κ1) is 11.5.